The highest BCUT2D eigenvalue weighted by atomic mass is 14.3. The van der Waals surface area contributed by atoms with Gasteiger partial charge < -0.3 is 0 Å². The van der Waals surface area contributed by atoms with Gasteiger partial charge in [0.2, 0.25) is 0 Å². The average molecular weight is 327 g/mol. The van der Waals surface area contributed by atoms with E-state index >= 15 is 0 Å². The molecular formula is C24H38. The Bertz CT molecular complexity index is 556. The molecule has 1 aromatic rings. The Morgan fingerprint density at radius 1 is 1.12 bits per heavy atom. The summed E-state index contributed by atoms with van der Waals surface area (Å²) in [6.45, 7) is 15.7. The van der Waals surface area contributed by atoms with E-state index in [1.165, 1.54) is 68.9 Å². The molecule has 0 nitrogen and oxygen atoms in total. The summed E-state index contributed by atoms with van der Waals surface area (Å²) in [5.74, 6) is 0.864. The molecule has 1 aromatic carbocycles. The maximum Gasteiger partial charge on any atom is -0.0159 e. The minimum Gasteiger partial charge on any atom is -0.100 e. The topological polar surface area (TPSA) is 0 Å². The van der Waals surface area contributed by atoms with E-state index in [0.29, 0.717) is 5.41 Å². The van der Waals surface area contributed by atoms with E-state index < -0.39 is 0 Å². The maximum absolute atomic E-state index is 4.18. The van der Waals surface area contributed by atoms with Crippen molar-refractivity contribution in [1.29, 1.82) is 0 Å². The Hall–Kier alpha value is -1.04. The van der Waals surface area contributed by atoms with Crippen molar-refractivity contribution >= 4 is 0 Å². The quantitative estimate of drug-likeness (QED) is 0.390. The zero-order chi connectivity index (χ0) is 17.7. The molecule has 1 aliphatic carbocycles. The van der Waals surface area contributed by atoms with Gasteiger partial charge in [0.15, 0.2) is 0 Å². The van der Waals surface area contributed by atoms with Gasteiger partial charge >= 0.3 is 0 Å². The van der Waals surface area contributed by atoms with Gasteiger partial charge in [0.05, 0.1) is 0 Å². The molecule has 0 spiro atoms. The fraction of sp³-hybridized carbons (Fsp3) is 0.667. The first-order chi connectivity index (χ1) is 11.4. The van der Waals surface area contributed by atoms with Crippen LogP contribution in [0.4, 0.5) is 0 Å². The minimum atomic E-state index is 0.474. The van der Waals surface area contributed by atoms with Crippen LogP contribution in [0.25, 0.3) is 0 Å². The van der Waals surface area contributed by atoms with Crippen molar-refractivity contribution in [2.24, 2.45) is 5.41 Å². The highest BCUT2D eigenvalue weighted by molar-refractivity contribution is 5.41. The smallest absolute Gasteiger partial charge is 0.0159 e. The molecule has 24 heavy (non-hydrogen) atoms. The predicted molar refractivity (Wildman–Crippen MR) is 108 cm³/mol. The lowest BCUT2D eigenvalue weighted by molar-refractivity contribution is 0.230. The number of hydrogen-bond donors (Lipinski definition) is 0. The van der Waals surface area contributed by atoms with Crippen molar-refractivity contribution in [1.82, 2.24) is 0 Å². The van der Waals surface area contributed by atoms with Gasteiger partial charge in [-0.25, -0.2) is 0 Å². The number of hydrogen-bond acceptors (Lipinski definition) is 0. The molecule has 0 bridgehead atoms. The van der Waals surface area contributed by atoms with Gasteiger partial charge in [-0.2, -0.15) is 0 Å². The van der Waals surface area contributed by atoms with Crippen LogP contribution in [0.1, 0.15) is 101 Å². The molecule has 1 fully saturated rings. The van der Waals surface area contributed by atoms with Gasteiger partial charge in [-0.15, -0.1) is 6.58 Å². The third-order valence-electron chi connectivity index (χ3n) is 6.32. The molecule has 0 aromatic heterocycles. The first kappa shape index (κ1) is 19.3. The van der Waals surface area contributed by atoms with Crippen molar-refractivity contribution in [2.75, 3.05) is 0 Å². The lowest BCUT2D eigenvalue weighted by Crippen LogP contribution is -2.19. The van der Waals surface area contributed by atoms with Crippen LogP contribution < -0.4 is 0 Å². The fourth-order valence-electron chi connectivity index (χ4n) is 4.46. The van der Waals surface area contributed by atoms with Crippen molar-refractivity contribution in [3.8, 4) is 0 Å². The van der Waals surface area contributed by atoms with Crippen molar-refractivity contribution < 1.29 is 0 Å². The van der Waals surface area contributed by atoms with Gasteiger partial charge in [0.1, 0.15) is 0 Å². The fourth-order valence-corrected chi connectivity index (χ4v) is 4.46. The molecule has 0 atom stereocenters. The molecule has 0 amide bonds. The van der Waals surface area contributed by atoms with E-state index in [1.54, 1.807) is 16.7 Å². The van der Waals surface area contributed by atoms with Crippen LogP contribution in [0.2, 0.25) is 0 Å². The molecule has 2 rings (SSSR count). The van der Waals surface area contributed by atoms with Crippen LogP contribution in [0.15, 0.2) is 24.3 Å². The molecular weight excluding hydrogens is 288 g/mol. The second-order valence-electron chi connectivity index (χ2n) is 8.30. The van der Waals surface area contributed by atoms with Crippen LogP contribution >= 0.6 is 0 Å². The first-order valence-electron chi connectivity index (χ1n) is 10.2. The van der Waals surface area contributed by atoms with Gasteiger partial charge in [-0.1, -0.05) is 51.3 Å². The molecule has 0 heteroatoms. The SMILES string of the molecule is C=C(C)CC(CC)(CC)CCCc1cc(C2CC2)c(C)cc1CC. The Labute approximate surface area is 150 Å². The Balaban J connectivity index is 2.07. The zero-order valence-corrected chi connectivity index (χ0v) is 16.8. The number of benzene rings is 1. The standard InChI is InChI=1S/C24H38/c1-7-20-15-19(6)23(21-12-13-21)16-22(20)11-10-14-24(8-2,9-3)17-18(4)5/h15-16,21H,4,7-14,17H2,1-3,5-6H3. The highest BCUT2D eigenvalue weighted by Gasteiger charge is 2.27. The monoisotopic (exact) mass is 326 g/mol. The van der Waals surface area contributed by atoms with E-state index in [2.05, 4.69) is 53.3 Å². The summed E-state index contributed by atoms with van der Waals surface area (Å²) < 4.78 is 0. The molecule has 0 heterocycles. The summed E-state index contributed by atoms with van der Waals surface area (Å²) in [5, 5.41) is 0. The van der Waals surface area contributed by atoms with E-state index in [1.807, 2.05) is 0 Å². The van der Waals surface area contributed by atoms with Crippen LogP contribution in [0.3, 0.4) is 0 Å². The van der Waals surface area contributed by atoms with Gasteiger partial charge in [0.25, 0.3) is 0 Å². The number of rotatable bonds is 10. The molecule has 0 saturated heterocycles. The second kappa shape index (κ2) is 8.37. The van der Waals surface area contributed by atoms with Crippen LogP contribution in [0.5, 0.6) is 0 Å². The van der Waals surface area contributed by atoms with E-state index in [0.717, 1.165) is 5.92 Å². The van der Waals surface area contributed by atoms with Crippen molar-refractivity contribution in [3.63, 3.8) is 0 Å². The Morgan fingerprint density at radius 2 is 1.79 bits per heavy atom. The average Bonchev–Trinajstić information content (AvgIpc) is 3.39. The normalized spacial score (nSPS) is 14.9. The summed E-state index contributed by atoms with van der Waals surface area (Å²) in [7, 11) is 0. The molecule has 0 aliphatic heterocycles. The number of aryl methyl sites for hydroxylation is 3. The Kier molecular flexibility index (Phi) is 6.72. The third-order valence-corrected chi connectivity index (χ3v) is 6.32. The largest absolute Gasteiger partial charge is 0.100 e. The van der Waals surface area contributed by atoms with Crippen LogP contribution in [0, 0.1) is 12.3 Å². The predicted octanol–water partition coefficient (Wildman–Crippen LogP) is 7.53. The lowest BCUT2D eigenvalue weighted by atomic mass is 9.73. The zero-order valence-electron chi connectivity index (χ0n) is 16.8. The summed E-state index contributed by atoms with van der Waals surface area (Å²) in [4.78, 5) is 0. The molecule has 0 N–H and O–H groups in total. The van der Waals surface area contributed by atoms with Gasteiger partial charge in [0, 0.05) is 0 Å². The molecule has 0 unspecified atom stereocenters. The second-order valence-corrected chi connectivity index (χ2v) is 8.30. The number of allylic oxidation sites excluding steroid dienone is 1. The van der Waals surface area contributed by atoms with E-state index in [4.69, 9.17) is 0 Å². The lowest BCUT2D eigenvalue weighted by Gasteiger charge is -2.32. The molecule has 134 valence electrons. The highest BCUT2D eigenvalue weighted by Crippen LogP contribution is 2.43. The summed E-state index contributed by atoms with van der Waals surface area (Å²) >= 11 is 0. The van der Waals surface area contributed by atoms with E-state index in [9.17, 15) is 0 Å². The third kappa shape index (κ3) is 4.74. The molecule has 0 radical (unpaired) electrons. The maximum atomic E-state index is 4.18. The van der Waals surface area contributed by atoms with E-state index in [-0.39, 0.29) is 0 Å². The van der Waals surface area contributed by atoms with Crippen molar-refractivity contribution in [2.45, 2.75) is 98.3 Å². The molecule has 1 aliphatic rings. The van der Waals surface area contributed by atoms with Crippen LogP contribution in [-0.4, -0.2) is 0 Å². The summed E-state index contributed by atoms with van der Waals surface area (Å²) in [6, 6.07) is 5.04. The van der Waals surface area contributed by atoms with Crippen molar-refractivity contribution in [3.05, 3.63) is 46.5 Å². The minimum absolute atomic E-state index is 0.474. The Morgan fingerprint density at radius 3 is 2.29 bits per heavy atom. The van der Waals surface area contributed by atoms with Gasteiger partial charge in [-0.05, 0) is 92.4 Å². The van der Waals surface area contributed by atoms with Crippen LogP contribution in [-0.2, 0) is 12.8 Å². The summed E-state index contributed by atoms with van der Waals surface area (Å²) in [6.07, 6.45) is 11.6. The van der Waals surface area contributed by atoms with Gasteiger partial charge in [-0.3, -0.25) is 0 Å². The summed E-state index contributed by atoms with van der Waals surface area (Å²) in [5.41, 5.74) is 8.19. The first-order valence-corrected chi connectivity index (χ1v) is 10.2. The molecule has 1 saturated carbocycles.